The molecule has 0 saturated heterocycles. The van der Waals surface area contributed by atoms with E-state index in [1.165, 1.54) is 0 Å². The molecule has 1 atom stereocenters. The van der Waals surface area contributed by atoms with Crippen molar-refractivity contribution in [2.75, 3.05) is 5.32 Å². The number of nitrogens with one attached hydrogen (secondary N) is 2. The summed E-state index contributed by atoms with van der Waals surface area (Å²) in [5.41, 5.74) is 4.67. The number of H-pyrrole nitrogens is 1. The smallest absolute Gasteiger partial charge is 0.231 e. The van der Waals surface area contributed by atoms with Gasteiger partial charge < -0.3 is 10.3 Å². The Balaban J connectivity index is 1.69. The Kier molecular flexibility index (Phi) is 3.15. The van der Waals surface area contributed by atoms with Crippen molar-refractivity contribution in [1.29, 1.82) is 0 Å². The summed E-state index contributed by atoms with van der Waals surface area (Å²) >= 11 is 0. The molecule has 7 nitrogen and oxygen atoms in total. The van der Waals surface area contributed by atoms with Crippen LogP contribution >= 0.6 is 0 Å². The summed E-state index contributed by atoms with van der Waals surface area (Å²) in [5, 5.41) is 7.63. The maximum atomic E-state index is 12.4. The summed E-state index contributed by atoms with van der Waals surface area (Å²) in [6.45, 7) is 1.96. The molecule has 0 unspecified atom stereocenters. The maximum Gasteiger partial charge on any atom is 0.231 e. The van der Waals surface area contributed by atoms with Crippen molar-refractivity contribution in [2.45, 2.75) is 19.3 Å². The fourth-order valence-electron chi connectivity index (χ4n) is 3.61. The predicted octanol–water partition coefficient (Wildman–Crippen LogP) is 2.93. The molecule has 128 valence electrons. The minimum absolute atomic E-state index is 0.0383. The van der Waals surface area contributed by atoms with Gasteiger partial charge in [0.2, 0.25) is 11.9 Å². The van der Waals surface area contributed by atoms with Crippen LogP contribution in [0.4, 0.5) is 5.82 Å². The number of carbonyl (C=O) groups excluding carboxylic acids is 1. The number of anilines is 1. The minimum atomic E-state index is -0.0643. The van der Waals surface area contributed by atoms with Crippen LogP contribution in [0.1, 0.15) is 29.2 Å². The Morgan fingerprint density at radius 1 is 1.19 bits per heavy atom. The number of carbonyl (C=O) groups is 1. The van der Waals surface area contributed by atoms with Crippen LogP contribution in [0.2, 0.25) is 0 Å². The first-order chi connectivity index (χ1) is 12.7. The molecular formula is C19H16N6O. The number of benzene rings is 1. The van der Waals surface area contributed by atoms with Crippen LogP contribution in [0, 0.1) is 6.92 Å². The van der Waals surface area contributed by atoms with Crippen molar-refractivity contribution in [3.05, 3.63) is 65.6 Å². The standard InChI is InChI=1S/C19H16N6O/c1-11-17-13(12-5-4-8-20-10-12)9-16(26)23-18(17)25(24-11)19-21-14-6-2-3-7-15(14)22-19/h2-8,10,13H,9H2,1H3,(H,21,22)(H,23,26)/t13-/m0/s1. The van der Waals surface area contributed by atoms with Crippen molar-refractivity contribution >= 4 is 22.8 Å². The second kappa shape index (κ2) is 5.52. The van der Waals surface area contributed by atoms with Gasteiger partial charge in [0.25, 0.3) is 0 Å². The van der Waals surface area contributed by atoms with Gasteiger partial charge in [-0.1, -0.05) is 18.2 Å². The second-order valence-corrected chi connectivity index (χ2v) is 6.43. The number of hydrogen-bond donors (Lipinski definition) is 2. The van der Waals surface area contributed by atoms with E-state index in [-0.39, 0.29) is 11.8 Å². The molecule has 0 fully saturated rings. The number of aromatic amines is 1. The largest absolute Gasteiger partial charge is 0.322 e. The third kappa shape index (κ3) is 2.21. The van der Waals surface area contributed by atoms with Crippen LogP contribution in [0.15, 0.2) is 48.8 Å². The van der Waals surface area contributed by atoms with Gasteiger partial charge in [-0.25, -0.2) is 4.98 Å². The second-order valence-electron chi connectivity index (χ2n) is 6.43. The molecule has 5 rings (SSSR count). The highest BCUT2D eigenvalue weighted by molar-refractivity contribution is 5.95. The molecule has 0 aliphatic carbocycles. The predicted molar refractivity (Wildman–Crippen MR) is 97.3 cm³/mol. The number of imidazole rings is 1. The number of pyridine rings is 1. The fourth-order valence-corrected chi connectivity index (χ4v) is 3.61. The first kappa shape index (κ1) is 14.8. The summed E-state index contributed by atoms with van der Waals surface area (Å²) in [6, 6.07) is 11.7. The van der Waals surface area contributed by atoms with Crippen LogP contribution in [0.3, 0.4) is 0 Å². The molecule has 0 bridgehead atoms. The van der Waals surface area contributed by atoms with Crippen LogP contribution < -0.4 is 5.32 Å². The van der Waals surface area contributed by atoms with Gasteiger partial charge in [-0.3, -0.25) is 9.78 Å². The Morgan fingerprint density at radius 3 is 2.88 bits per heavy atom. The topological polar surface area (TPSA) is 88.5 Å². The molecule has 0 radical (unpaired) electrons. The molecule has 3 aromatic heterocycles. The molecule has 4 heterocycles. The maximum absolute atomic E-state index is 12.4. The van der Waals surface area contributed by atoms with Crippen LogP contribution in [0.25, 0.3) is 17.0 Å². The first-order valence-electron chi connectivity index (χ1n) is 8.45. The van der Waals surface area contributed by atoms with Gasteiger partial charge in [0.1, 0.15) is 5.82 Å². The lowest BCUT2D eigenvalue weighted by Crippen LogP contribution is -2.25. The lowest BCUT2D eigenvalue weighted by molar-refractivity contribution is -0.116. The molecule has 7 heteroatoms. The Hall–Kier alpha value is -3.48. The lowest BCUT2D eigenvalue weighted by atomic mass is 9.87. The molecule has 0 saturated carbocycles. The summed E-state index contributed by atoms with van der Waals surface area (Å²) in [5.74, 6) is 1.16. The van der Waals surface area contributed by atoms with E-state index in [0.717, 1.165) is 27.9 Å². The minimum Gasteiger partial charge on any atom is -0.322 e. The molecule has 1 aromatic carbocycles. The Labute approximate surface area is 149 Å². The summed E-state index contributed by atoms with van der Waals surface area (Å²) in [6.07, 6.45) is 3.92. The lowest BCUT2D eigenvalue weighted by Gasteiger charge is -2.23. The quantitative estimate of drug-likeness (QED) is 0.585. The van der Waals surface area contributed by atoms with Crippen molar-refractivity contribution in [1.82, 2.24) is 24.7 Å². The van der Waals surface area contributed by atoms with Gasteiger partial charge in [0.05, 0.1) is 16.7 Å². The molecular weight excluding hydrogens is 328 g/mol. The third-order valence-electron chi connectivity index (χ3n) is 4.77. The van der Waals surface area contributed by atoms with E-state index in [1.807, 2.05) is 49.5 Å². The summed E-state index contributed by atoms with van der Waals surface area (Å²) in [4.78, 5) is 24.5. The fraction of sp³-hybridized carbons (Fsp3) is 0.158. The van der Waals surface area contributed by atoms with Gasteiger partial charge in [0.15, 0.2) is 0 Å². The molecule has 1 aliphatic rings. The Bertz CT molecular complexity index is 1090. The number of hydrogen-bond acceptors (Lipinski definition) is 4. The molecule has 2 N–H and O–H groups in total. The number of fused-ring (bicyclic) bond motifs is 2. The normalized spacial score (nSPS) is 16.5. The average molecular weight is 344 g/mol. The first-order valence-corrected chi connectivity index (χ1v) is 8.45. The highest BCUT2D eigenvalue weighted by Crippen LogP contribution is 2.39. The molecule has 26 heavy (non-hydrogen) atoms. The Morgan fingerprint density at radius 2 is 2.08 bits per heavy atom. The van der Waals surface area contributed by atoms with Crippen molar-refractivity contribution in [3.63, 3.8) is 0 Å². The highest BCUT2D eigenvalue weighted by atomic mass is 16.1. The van der Waals surface area contributed by atoms with E-state index in [9.17, 15) is 4.79 Å². The van der Waals surface area contributed by atoms with Gasteiger partial charge in [0, 0.05) is 30.3 Å². The molecule has 4 aromatic rings. The van der Waals surface area contributed by atoms with E-state index in [4.69, 9.17) is 0 Å². The van der Waals surface area contributed by atoms with Crippen molar-refractivity contribution < 1.29 is 4.79 Å². The van der Waals surface area contributed by atoms with Gasteiger partial charge in [-0.15, -0.1) is 0 Å². The molecule has 1 aliphatic heterocycles. The van der Waals surface area contributed by atoms with E-state index in [0.29, 0.717) is 18.2 Å². The van der Waals surface area contributed by atoms with Gasteiger partial charge in [-0.2, -0.15) is 9.78 Å². The number of aryl methyl sites for hydroxylation is 1. The van der Waals surface area contributed by atoms with Gasteiger partial charge >= 0.3 is 0 Å². The molecule has 0 spiro atoms. The number of rotatable bonds is 2. The summed E-state index contributed by atoms with van der Waals surface area (Å²) < 4.78 is 1.69. The number of nitrogens with zero attached hydrogens (tertiary/aromatic N) is 4. The third-order valence-corrected chi connectivity index (χ3v) is 4.77. The van der Waals surface area contributed by atoms with Crippen LogP contribution in [-0.4, -0.2) is 30.6 Å². The summed E-state index contributed by atoms with van der Waals surface area (Å²) in [7, 11) is 0. The van der Waals surface area contributed by atoms with E-state index in [2.05, 4.69) is 25.4 Å². The number of aromatic nitrogens is 5. The van der Waals surface area contributed by atoms with Crippen LogP contribution in [0.5, 0.6) is 0 Å². The monoisotopic (exact) mass is 344 g/mol. The van der Waals surface area contributed by atoms with E-state index in [1.54, 1.807) is 10.9 Å². The zero-order valence-corrected chi connectivity index (χ0v) is 14.1. The molecule has 1 amide bonds. The SMILES string of the molecule is Cc1nn(-c2nc3ccccc3[nH]2)c2c1[C@H](c1cccnc1)CC(=O)N2. The average Bonchev–Trinajstić information content (AvgIpc) is 3.23. The van der Waals surface area contributed by atoms with Gasteiger partial charge in [-0.05, 0) is 30.7 Å². The zero-order valence-electron chi connectivity index (χ0n) is 14.1. The van der Waals surface area contributed by atoms with E-state index < -0.39 is 0 Å². The van der Waals surface area contributed by atoms with Crippen LogP contribution in [-0.2, 0) is 4.79 Å². The van der Waals surface area contributed by atoms with Crippen molar-refractivity contribution in [3.8, 4) is 5.95 Å². The highest BCUT2D eigenvalue weighted by Gasteiger charge is 2.33. The van der Waals surface area contributed by atoms with E-state index >= 15 is 0 Å². The zero-order chi connectivity index (χ0) is 17.7. The number of para-hydroxylation sites is 2. The number of amides is 1. The van der Waals surface area contributed by atoms with Crippen molar-refractivity contribution in [2.24, 2.45) is 0 Å².